The fourth-order valence-electron chi connectivity index (χ4n) is 1.98. The van der Waals surface area contributed by atoms with E-state index in [-0.39, 0.29) is 5.91 Å². The first-order chi connectivity index (χ1) is 10.0. The standard InChI is InChI=1S/C15H19ClN4O/c1-3-4-9-19(2)15(21)13-10-14(17)20(18-13)12-7-5-11(16)6-8-12/h5-8,10H,3-4,9,17H2,1-2H3. The second-order valence-corrected chi connectivity index (χ2v) is 5.36. The molecular formula is C15H19ClN4O. The van der Waals surface area contributed by atoms with E-state index in [0.717, 1.165) is 18.5 Å². The number of unbranched alkanes of at least 4 members (excludes halogenated alkanes) is 1. The van der Waals surface area contributed by atoms with Crippen molar-refractivity contribution in [2.24, 2.45) is 0 Å². The van der Waals surface area contributed by atoms with Crippen molar-refractivity contribution in [3.63, 3.8) is 0 Å². The van der Waals surface area contributed by atoms with Gasteiger partial charge in [-0.3, -0.25) is 4.79 Å². The van der Waals surface area contributed by atoms with Gasteiger partial charge in [0.1, 0.15) is 5.82 Å². The zero-order valence-corrected chi connectivity index (χ0v) is 13.0. The molecule has 1 heterocycles. The monoisotopic (exact) mass is 306 g/mol. The molecule has 6 heteroatoms. The summed E-state index contributed by atoms with van der Waals surface area (Å²) in [6, 6.07) is 8.72. The molecule has 1 aromatic heterocycles. The maximum atomic E-state index is 12.3. The van der Waals surface area contributed by atoms with E-state index in [2.05, 4.69) is 12.0 Å². The third kappa shape index (κ3) is 3.55. The summed E-state index contributed by atoms with van der Waals surface area (Å²) in [5, 5.41) is 4.94. The molecule has 0 aliphatic heterocycles. The molecule has 0 saturated carbocycles. The summed E-state index contributed by atoms with van der Waals surface area (Å²) in [5.41, 5.74) is 7.06. The van der Waals surface area contributed by atoms with E-state index in [1.807, 2.05) is 0 Å². The molecule has 112 valence electrons. The molecule has 0 spiro atoms. The first-order valence-corrected chi connectivity index (χ1v) is 7.27. The van der Waals surface area contributed by atoms with E-state index < -0.39 is 0 Å². The van der Waals surface area contributed by atoms with Gasteiger partial charge in [0, 0.05) is 24.7 Å². The molecule has 0 bridgehead atoms. The fourth-order valence-corrected chi connectivity index (χ4v) is 2.11. The molecule has 2 N–H and O–H groups in total. The molecule has 1 amide bonds. The average Bonchev–Trinajstić information content (AvgIpc) is 2.86. The second kappa shape index (κ2) is 6.63. The minimum atomic E-state index is -0.122. The highest BCUT2D eigenvalue weighted by Gasteiger charge is 2.17. The van der Waals surface area contributed by atoms with Gasteiger partial charge < -0.3 is 10.6 Å². The van der Waals surface area contributed by atoms with Gasteiger partial charge >= 0.3 is 0 Å². The molecule has 0 atom stereocenters. The maximum absolute atomic E-state index is 12.3. The summed E-state index contributed by atoms with van der Waals surface area (Å²) in [4.78, 5) is 13.9. The smallest absolute Gasteiger partial charge is 0.274 e. The number of carbonyl (C=O) groups is 1. The molecule has 21 heavy (non-hydrogen) atoms. The lowest BCUT2D eigenvalue weighted by Crippen LogP contribution is -2.28. The number of benzene rings is 1. The van der Waals surface area contributed by atoms with Gasteiger partial charge in [0.05, 0.1) is 5.69 Å². The lowest BCUT2D eigenvalue weighted by Gasteiger charge is -2.14. The van der Waals surface area contributed by atoms with Crippen LogP contribution in [0.4, 0.5) is 5.82 Å². The van der Waals surface area contributed by atoms with Gasteiger partial charge in [0.2, 0.25) is 0 Å². The lowest BCUT2D eigenvalue weighted by atomic mass is 10.3. The number of hydrogen-bond acceptors (Lipinski definition) is 3. The topological polar surface area (TPSA) is 64.2 Å². The van der Waals surface area contributed by atoms with Crippen LogP contribution in [0, 0.1) is 0 Å². The molecule has 0 unspecified atom stereocenters. The number of nitrogens with zero attached hydrogens (tertiary/aromatic N) is 3. The van der Waals surface area contributed by atoms with Crippen molar-refractivity contribution < 1.29 is 4.79 Å². The van der Waals surface area contributed by atoms with Crippen LogP contribution in [0.2, 0.25) is 5.02 Å². The summed E-state index contributed by atoms with van der Waals surface area (Å²) in [5.74, 6) is 0.299. The van der Waals surface area contributed by atoms with Crippen LogP contribution in [-0.4, -0.2) is 34.2 Å². The Morgan fingerprint density at radius 1 is 1.38 bits per heavy atom. The lowest BCUT2D eigenvalue weighted by molar-refractivity contribution is 0.0787. The van der Waals surface area contributed by atoms with Crippen molar-refractivity contribution in [2.75, 3.05) is 19.3 Å². The average molecular weight is 307 g/mol. The van der Waals surface area contributed by atoms with Crippen molar-refractivity contribution in [2.45, 2.75) is 19.8 Å². The maximum Gasteiger partial charge on any atom is 0.274 e. The van der Waals surface area contributed by atoms with Gasteiger partial charge in [0.25, 0.3) is 5.91 Å². The molecular weight excluding hydrogens is 288 g/mol. The predicted octanol–water partition coefficient (Wildman–Crippen LogP) is 2.98. The zero-order chi connectivity index (χ0) is 15.4. The normalized spacial score (nSPS) is 10.6. The molecule has 2 aromatic rings. The van der Waals surface area contributed by atoms with Gasteiger partial charge in [-0.2, -0.15) is 5.10 Å². The Bertz CT molecular complexity index is 621. The van der Waals surface area contributed by atoms with Crippen molar-refractivity contribution in [1.82, 2.24) is 14.7 Å². The molecule has 2 rings (SSSR count). The largest absolute Gasteiger partial charge is 0.384 e. The minimum Gasteiger partial charge on any atom is -0.384 e. The number of carbonyl (C=O) groups excluding carboxylic acids is 1. The number of anilines is 1. The molecule has 1 aromatic carbocycles. The summed E-state index contributed by atoms with van der Waals surface area (Å²) < 4.78 is 1.54. The van der Waals surface area contributed by atoms with Crippen LogP contribution in [0.15, 0.2) is 30.3 Å². The highest BCUT2D eigenvalue weighted by atomic mass is 35.5. The van der Waals surface area contributed by atoms with Crippen LogP contribution in [-0.2, 0) is 0 Å². The Labute approximate surface area is 129 Å². The zero-order valence-electron chi connectivity index (χ0n) is 12.2. The molecule has 0 radical (unpaired) electrons. The number of rotatable bonds is 5. The Hall–Kier alpha value is -2.01. The van der Waals surface area contributed by atoms with Gasteiger partial charge in [-0.05, 0) is 30.7 Å². The molecule has 0 fully saturated rings. The highest BCUT2D eigenvalue weighted by Crippen LogP contribution is 2.18. The van der Waals surface area contributed by atoms with Crippen molar-refractivity contribution in [1.29, 1.82) is 0 Å². The Morgan fingerprint density at radius 3 is 2.67 bits per heavy atom. The third-order valence-corrected chi connectivity index (χ3v) is 3.47. The first-order valence-electron chi connectivity index (χ1n) is 6.90. The fraction of sp³-hybridized carbons (Fsp3) is 0.333. The number of aromatic nitrogens is 2. The number of hydrogen-bond donors (Lipinski definition) is 1. The molecule has 0 saturated heterocycles. The number of amides is 1. The molecule has 0 aliphatic carbocycles. The molecule has 5 nitrogen and oxygen atoms in total. The second-order valence-electron chi connectivity index (χ2n) is 4.92. The predicted molar refractivity (Wildman–Crippen MR) is 84.9 cm³/mol. The summed E-state index contributed by atoms with van der Waals surface area (Å²) in [6.45, 7) is 2.80. The summed E-state index contributed by atoms with van der Waals surface area (Å²) >= 11 is 5.86. The van der Waals surface area contributed by atoms with Crippen molar-refractivity contribution in [3.05, 3.63) is 41.0 Å². The number of nitrogen functional groups attached to an aromatic ring is 1. The quantitative estimate of drug-likeness (QED) is 0.923. The van der Waals surface area contributed by atoms with Gasteiger partial charge in [-0.25, -0.2) is 4.68 Å². The van der Waals surface area contributed by atoms with Crippen LogP contribution in [0.5, 0.6) is 0 Å². The Balaban J connectivity index is 2.22. The highest BCUT2D eigenvalue weighted by molar-refractivity contribution is 6.30. The minimum absolute atomic E-state index is 0.122. The van der Waals surface area contributed by atoms with E-state index in [1.54, 1.807) is 42.3 Å². The Morgan fingerprint density at radius 2 is 2.05 bits per heavy atom. The van der Waals surface area contributed by atoms with E-state index in [1.165, 1.54) is 4.68 Å². The van der Waals surface area contributed by atoms with E-state index in [0.29, 0.717) is 23.1 Å². The van der Waals surface area contributed by atoms with Crippen LogP contribution < -0.4 is 5.73 Å². The number of halogens is 1. The van der Waals surface area contributed by atoms with Crippen LogP contribution in [0.3, 0.4) is 0 Å². The van der Waals surface area contributed by atoms with Gasteiger partial charge in [0.15, 0.2) is 5.69 Å². The molecule has 0 aliphatic rings. The Kier molecular flexibility index (Phi) is 4.85. The van der Waals surface area contributed by atoms with Crippen LogP contribution >= 0.6 is 11.6 Å². The van der Waals surface area contributed by atoms with E-state index >= 15 is 0 Å². The number of nitrogens with two attached hydrogens (primary N) is 1. The van der Waals surface area contributed by atoms with E-state index in [9.17, 15) is 4.79 Å². The van der Waals surface area contributed by atoms with Gasteiger partial charge in [-0.15, -0.1) is 0 Å². The third-order valence-electron chi connectivity index (χ3n) is 3.22. The first kappa shape index (κ1) is 15.4. The van der Waals surface area contributed by atoms with Crippen LogP contribution in [0.1, 0.15) is 30.3 Å². The summed E-state index contributed by atoms with van der Waals surface area (Å²) in [6.07, 6.45) is 2.01. The summed E-state index contributed by atoms with van der Waals surface area (Å²) in [7, 11) is 1.77. The van der Waals surface area contributed by atoms with Crippen molar-refractivity contribution in [3.8, 4) is 5.69 Å². The van der Waals surface area contributed by atoms with Crippen molar-refractivity contribution >= 4 is 23.3 Å². The van der Waals surface area contributed by atoms with E-state index in [4.69, 9.17) is 17.3 Å². The SMILES string of the molecule is CCCCN(C)C(=O)c1cc(N)n(-c2ccc(Cl)cc2)n1. The van der Waals surface area contributed by atoms with Gasteiger partial charge in [-0.1, -0.05) is 24.9 Å². The van der Waals surface area contributed by atoms with Crippen LogP contribution in [0.25, 0.3) is 5.69 Å².